The first-order valence-electron chi connectivity index (χ1n) is 9.11. The van der Waals surface area contributed by atoms with Crippen LogP contribution in [0.5, 0.6) is 0 Å². The van der Waals surface area contributed by atoms with Gasteiger partial charge in [0.05, 0.1) is 18.3 Å². The van der Waals surface area contributed by atoms with Crippen molar-refractivity contribution in [3.05, 3.63) is 11.6 Å². The Kier molecular flexibility index (Phi) is 3.32. The third-order valence-electron chi connectivity index (χ3n) is 8.05. The molecule has 4 aliphatic carbocycles. The Morgan fingerprint density at radius 3 is 2.50 bits per heavy atom. The minimum Gasteiger partial charge on any atom is -0.393 e. The van der Waals surface area contributed by atoms with E-state index in [4.69, 9.17) is 0 Å². The molecular weight excluding hydrogens is 276 g/mol. The Bertz CT molecular complexity index is 501. The van der Waals surface area contributed by atoms with Crippen LogP contribution >= 0.6 is 0 Å². The van der Waals surface area contributed by atoms with E-state index in [-0.39, 0.29) is 23.0 Å². The summed E-state index contributed by atoms with van der Waals surface area (Å²) in [6.07, 6.45) is 8.05. The van der Waals surface area contributed by atoms with E-state index in [1.165, 1.54) is 5.57 Å². The van der Waals surface area contributed by atoms with Crippen LogP contribution in [-0.2, 0) is 0 Å². The molecule has 3 fully saturated rings. The highest BCUT2D eigenvalue weighted by molar-refractivity contribution is 5.27. The number of hydrogen-bond acceptors (Lipinski definition) is 3. The van der Waals surface area contributed by atoms with E-state index in [1.807, 2.05) is 0 Å². The van der Waals surface area contributed by atoms with Crippen LogP contribution in [0.2, 0.25) is 0 Å². The highest BCUT2D eigenvalue weighted by atomic mass is 16.3. The summed E-state index contributed by atoms with van der Waals surface area (Å²) in [6.45, 7) is 4.60. The summed E-state index contributed by atoms with van der Waals surface area (Å²) in [5.74, 6) is 1.25. The first-order chi connectivity index (χ1) is 10.4. The molecule has 0 aliphatic heterocycles. The van der Waals surface area contributed by atoms with Crippen LogP contribution in [0, 0.1) is 28.6 Å². The molecule has 0 radical (unpaired) electrons. The molecule has 0 bridgehead atoms. The van der Waals surface area contributed by atoms with Gasteiger partial charge in [0.15, 0.2) is 0 Å². The van der Waals surface area contributed by atoms with Gasteiger partial charge in [-0.3, -0.25) is 0 Å². The van der Waals surface area contributed by atoms with E-state index in [0.29, 0.717) is 17.8 Å². The Labute approximate surface area is 133 Å². The number of aliphatic hydroxyl groups is 3. The van der Waals surface area contributed by atoms with Gasteiger partial charge in [-0.05, 0) is 73.5 Å². The largest absolute Gasteiger partial charge is 0.393 e. The molecule has 3 N–H and O–H groups in total. The maximum absolute atomic E-state index is 10.9. The van der Waals surface area contributed by atoms with E-state index in [9.17, 15) is 15.3 Å². The van der Waals surface area contributed by atoms with Crippen molar-refractivity contribution in [1.82, 2.24) is 0 Å². The summed E-state index contributed by atoms with van der Waals surface area (Å²) < 4.78 is 0. The summed E-state index contributed by atoms with van der Waals surface area (Å²) >= 11 is 0. The standard InChI is InChI=1S/C19H30O3/c1-18-7-5-12(20)9-11(18)10-15(21)17-13-3-4-16(22)19(13,2)8-6-14(17)18/h10,12-17,20-22H,3-9H2,1-2H3/t12-,13?,14?,15+,16-,17?,18-,19-/m0/s1. The van der Waals surface area contributed by atoms with Gasteiger partial charge < -0.3 is 15.3 Å². The summed E-state index contributed by atoms with van der Waals surface area (Å²) in [4.78, 5) is 0. The van der Waals surface area contributed by atoms with E-state index in [2.05, 4.69) is 19.9 Å². The molecule has 3 heteroatoms. The van der Waals surface area contributed by atoms with Crippen LogP contribution in [-0.4, -0.2) is 33.6 Å². The minimum atomic E-state index is -0.395. The molecule has 0 aromatic rings. The Balaban J connectivity index is 1.73. The van der Waals surface area contributed by atoms with Gasteiger partial charge in [-0.15, -0.1) is 0 Å². The summed E-state index contributed by atoms with van der Waals surface area (Å²) in [5, 5.41) is 31.3. The van der Waals surface area contributed by atoms with Crippen molar-refractivity contribution in [2.45, 2.75) is 77.1 Å². The van der Waals surface area contributed by atoms with E-state index in [1.54, 1.807) is 0 Å². The van der Waals surface area contributed by atoms with E-state index in [0.717, 1.165) is 44.9 Å². The smallest absolute Gasteiger partial charge is 0.0757 e. The molecule has 124 valence electrons. The quantitative estimate of drug-likeness (QED) is 0.603. The maximum Gasteiger partial charge on any atom is 0.0757 e. The normalized spacial score (nSPS) is 57.6. The van der Waals surface area contributed by atoms with Gasteiger partial charge >= 0.3 is 0 Å². The lowest BCUT2D eigenvalue weighted by molar-refractivity contribution is -0.105. The van der Waals surface area contributed by atoms with Gasteiger partial charge in [-0.2, -0.15) is 0 Å². The molecule has 0 spiro atoms. The molecule has 4 aliphatic rings. The molecule has 0 saturated heterocycles. The summed E-state index contributed by atoms with van der Waals surface area (Å²) in [5.41, 5.74) is 1.44. The molecule has 0 aromatic carbocycles. The first kappa shape index (κ1) is 15.2. The highest BCUT2D eigenvalue weighted by Gasteiger charge is 2.60. The van der Waals surface area contributed by atoms with Gasteiger partial charge in [0.25, 0.3) is 0 Å². The van der Waals surface area contributed by atoms with Crippen LogP contribution in [0.25, 0.3) is 0 Å². The van der Waals surface area contributed by atoms with Crippen molar-refractivity contribution in [1.29, 1.82) is 0 Å². The molecule has 0 amide bonds. The average Bonchev–Trinajstić information content (AvgIpc) is 2.77. The van der Waals surface area contributed by atoms with Crippen LogP contribution in [0.3, 0.4) is 0 Å². The van der Waals surface area contributed by atoms with Crippen molar-refractivity contribution in [2.75, 3.05) is 0 Å². The third kappa shape index (κ3) is 1.85. The molecule has 3 nitrogen and oxygen atoms in total. The SMILES string of the molecule is C[C@]12CC[C@H](O)CC1=C[C@@H](O)C1C2CC[C@@]2(C)C1CC[C@@H]2O. The Morgan fingerprint density at radius 1 is 0.955 bits per heavy atom. The molecule has 22 heavy (non-hydrogen) atoms. The highest BCUT2D eigenvalue weighted by Crippen LogP contribution is 2.64. The fourth-order valence-corrected chi connectivity index (χ4v) is 6.60. The molecule has 3 unspecified atom stereocenters. The van der Waals surface area contributed by atoms with Crippen molar-refractivity contribution < 1.29 is 15.3 Å². The zero-order valence-electron chi connectivity index (χ0n) is 13.8. The molecule has 0 aromatic heterocycles. The van der Waals surface area contributed by atoms with Crippen molar-refractivity contribution in [3.8, 4) is 0 Å². The van der Waals surface area contributed by atoms with Crippen molar-refractivity contribution >= 4 is 0 Å². The maximum atomic E-state index is 10.9. The summed E-state index contributed by atoms with van der Waals surface area (Å²) in [6, 6.07) is 0. The van der Waals surface area contributed by atoms with Gasteiger partial charge in [0.1, 0.15) is 0 Å². The fraction of sp³-hybridized carbons (Fsp3) is 0.895. The second kappa shape index (κ2) is 4.81. The lowest BCUT2D eigenvalue weighted by atomic mass is 9.47. The minimum absolute atomic E-state index is 0.00195. The van der Waals surface area contributed by atoms with Crippen molar-refractivity contribution in [3.63, 3.8) is 0 Å². The van der Waals surface area contributed by atoms with Gasteiger partial charge in [0, 0.05) is 0 Å². The van der Waals surface area contributed by atoms with Gasteiger partial charge in [0.2, 0.25) is 0 Å². The van der Waals surface area contributed by atoms with Crippen LogP contribution in [0.15, 0.2) is 11.6 Å². The number of rotatable bonds is 0. The Hall–Kier alpha value is -0.380. The van der Waals surface area contributed by atoms with E-state index < -0.39 is 6.10 Å². The molecule has 0 heterocycles. The predicted molar refractivity (Wildman–Crippen MR) is 85.1 cm³/mol. The van der Waals surface area contributed by atoms with Gasteiger partial charge in [-0.25, -0.2) is 0 Å². The third-order valence-corrected chi connectivity index (χ3v) is 8.05. The zero-order chi connectivity index (χ0) is 15.7. The monoisotopic (exact) mass is 306 g/mol. The Morgan fingerprint density at radius 2 is 1.73 bits per heavy atom. The second-order valence-corrected chi connectivity index (χ2v) is 8.92. The molecule has 8 atom stereocenters. The van der Waals surface area contributed by atoms with Crippen LogP contribution < -0.4 is 0 Å². The topological polar surface area (TPSA) is 60.7 Å². The first-order valence-corrected chi connectivity index (χ1v) is 9.11. The lowest BCUT2D eigenvalue weighted by Gasteiger charge is -2.58. The van der Waals surface area contributed by atoms with Crippen LogP contribution in [0.1, 0.15) is 58.8 Å². The molecular formula is C19H30O3. The number of hydrogen-bond donors (Lipinski definition) is 3. The zero-order valence-corrected chi connectivity index (χ0v) is 13.8. The predicted octanol–water partition coefficient (Wildman–Crippen LogP) is 2.64. The molecule has 4 rings (SSSR count). The average molecular weight is 306 g/mol. The second-order valence-electron chi connectivity index (χ2n) is 8.92. The summed E-state index contributed by atoms with van der Waals surface area (Å²) in [7, 11) is 0. The van der Waals surface area contributed by atoms with Gasteiger partial charge in [-0.1, -0.05) is 25.5 Å². The lowest BCUT2D eigenvalue weighted by Crippen LogP contribution is -2.55. The van der Waals surface area contributed by atoms with E-state index >= 15 is 0 Å². The van der Waals surface area contributed by atoms with Crippen LogP contribution in [0.4, 0.5) is 0 Å². The fourth-order valence-electron chi connectivity index (χ4n) is 6.60. The molecule has 3 saturated carbocycles. The number of fused-ring (bicyclic) bond motifs is 5. The number of aliphatic hydroxyl groups excluding tert-OH is 3. The van der Waals surface area contributed by atoms with Crippen molar-refractivity contribution in [2.24, 2.45) is 28.6 Å².